The van der Waals surface area contributed by atoms with Gasteiger partial charge in [0.15, 0.2) is 5.43 Å². The maximum Gasteiger partial charge on any atom is 0.186 e. The molecule has 0 bridgehead atoms. The van der Waals surface area contributed by atoms with Crippen molar-refractivity contribution in [2.75, 3.05) is 0 Å². The number of alkyl halides is 1. The van der Waals surface area contributed by atoms with E-state index in [4.69, 9.17) is 23.2 Å². The molecule has 0 amide bonds. The summed E-state index contributed by atoms with van der Waals surface area (Å²) in [6.45, 7) is 3.89. The van der Waals surface area contributed by atoms with Crippen LogP contribution >= 0.6 is 23.2 Å². The van der Waals surface area contributed by atoms with Crippen molar-refractivity contribution in [1.82, 2.24) is 4.57 Å². The zero-order valence-electron chi connectivity index (χ0n) is 10.2. The maximum atomic E-state index is 11.7. The lowest BCUT2D eigenvalue weighted by molar-refractivity contribution is 0.946. The van der Waals surface area contributed by atoms with Crippen LogP contribution in [0.1, 0.15) is 16.8 Å². The first-order valence-electron chi connectivity index (χ1n) is 5.57. The van der Waals surface area contributed by atoms with Gasteiger partial charge in [-0.05, 0) is 31.5 Å². The molecule has 0 aliphatic carbocycles. The van der Waals surface area contributed by atoms with Crippen LogP contribution in [0.3, 0.4) is 0 Å². The molecule has 1 aromatic carbocycles. The normalized spacial score (nSPS) is 10.7. The minimum Gasteiger partial charge on any atom is -0.320 e. The van der Waals surface area contributed by atoms with Gasteiger partial charge in [0.05, 0.1) is 5.88 Å². The standard InChI is InChI=1S/C14H13Cl2NO/c1-9-3-4-12(16)6-13(9)17-8-11(7-15)14(18)5-10(17)2/h3-6,8H,7H2,1-2H3. The van der Waals surface area contributed by atoms with Gasteiger partial charge in [-0.25, -0.2) is 0 Å². The van der Waals surface area contributed by atoms with E-state index in [1.807, 2.05) is 36.6 Å². The van der Waals surface area contributed by atoms with E-state index >= 15 is 0 Å². The van der Waals surface area contributed by atoms with Crippen LogP contribution in [0.15, 0.2) is 35.3 Å². The fraction of sp³-hybridized carbons (Fsp3) is 0.214. The molecule has 0 saturated heterocycles. The number of hydrogen-bond donors (Lipinski definition) is 0. The molecule has 0 aliphatic heterocycles. The summed E-state index contributed by atoms with van der Waals surface area (Å²) in [5.74, 6) is 0.207. The van der Waals surface area contributed by atoms with Gasteiger partial charge in [-0.3, -0.25) is 4.79 Å². The zero-order chi connectivity index (χ0) is 13.3. The van der Waals surface area contributed by atoms with Crippen LogP contribution in [0, 0.1) is 13.8 Å². The lowest BCUT2D eigenvalue weighted by atomic mass is 10.1. The number of nitrogens with zero attached hydrogens (tertiary/aromatic N) is 1. The fourth-order valence-corrected chi connectivity index (χ4v) is 2.24. The highest BCUT2D eigenvalue weighted by molar-refractivity contribution is 6.30. The van der Waals surface area contributed by atoms with Crippen LogP contribution in [0.5, 0.6) is 0 Å². The first-order chi connectivity index (χ1) is 8.52. The predicted molar refractivity (Wildman–Crippen MR) is 76.1 cm³/mol. The summed E-state index contributed by atoms with van der Waals surface area (Å²) in [6.07, 6.45) is 1.78. The third-order valence-electron chi connectivity index (χ3n) is 2.90. The number of hydrogen-bond acceptors (Lipinski definition) is 1. The van der Waals surface area contributed by atoms with Gasteiger partial charge in [0.2, 0.25) is 0 Å². The molecule has 18 heavy (non-hydrogen) atoms. The lowest BCUT2D eigenvalue weighted by Crippen LogP contribution is -2.13. The summed E-state index contributed by atoms with van der Waals surface area (Å²) in [4.78, 5) is 11.7. The highest BCUT2D eigenvalue weighted by Gasteiger charge is 2.07. The van der Waals surface area contributed by atoms with E-state index in [2.05, 4.69) is 0 Å². The van der Waals surface area contributed by atoms with Gasteiger partial charge in [0.1, 0.15) is 0 Å². The minimum atomic E-state index is -0.0292. The summed E-state index contributed by atoms with van der Waals surface area (Å²) >= 11 is 11.8. The molecule has 0 radical (unpaired) electrons. The quantitative estimate of drug-likeness (QED) is 0.767. The van der Waals surface area contributed by atoms with E-state index < -0.39 is 0 Å². The first kappa shape index (κ1) is 13.2. The van der Waals surface area contributed by atoms with Gasteiger partial charge in [0.25, 0.3) is 0 Å². The summed E-state index contributed by atoms with van der Waals surface area (Å²) < 4.78 is 1.94. The summed E-state index contributed by atoms with van der Waals surface area (Å²) in [6, 6.07) is 7.28. The van der Waals surface area contributed by atoms with E-state index in [0.717, 1.165) is 16.9 Å². The molecule has 0 saturated carbocycles. The van der Waals surface area contributed by atoms with Gasteiger partial charge in [-0.1, -0.05) is 17.7 Å². The Balaban J connectivity index is 2.70. The number of aromatic nitrogens is 1. The average molecular weight is 282 g/mol. The molecule has 0 fully saturated rings. The van der Waals surface area contributed by atoms with E-state index in [-0.39, 0.29) is 11.3 Å². The number of pyridine rings is 1. The molecule has 4 heteroatoms. The van der Waals surface area contributed by atoms with Crippen LogP contribution in [-0.2, 0) is 5.88 Å². The molecule has 2 rings (SSSR count). The Labute approximate surface area is 116 Å². The summed E-state index contributed by atoms with van der Waals surface area (Å²) in [5, 5.41) is 0.668. The van der Waals surface area contributed by atoms with Gasteiger partial charge >= 0.3 is 0 Å². The van der Waals surface area contributed by atoms with Crippen molar-refractivity contribution in [1.29, 1.82) is 0 Å². The molecule has 0 spiro atoms. The van der Waals surface area contributed by atoms with Crippen molar-refractivity contribution in [2.24, 2.45) is 0 Å². The van der Waals surface area contributed by atoms with E-state index in [9.17, 15) is 4.79 Å². The Bertz CT molecular complexity index is 647. The largest absolute Gasteiger partial charge is 0.320 e. The molecule has 1 aromatic heterocycles. The van der Waals surface area contributed by atoms with Crippen molar-refractivity contribution < 1.29 is 0 Å². The van der Waals surface area contributed by atoms with E-state index in [1.165, 1.54) is 0 Å². The second kappa shape index (κ2) is 5.17. The molecule has 2 aromatic rings. The Morgan fingerprint density at radius 3 is 2.61 bits per heavy atom. The third kappa shape index (κ3) is 2.45. The van der Waals surface area contributed by atoms with Crippen LogP contribution in [0.4, 0.5) is 0 Å². The second-order valence-electron chi connectivity index (χ2n) is 4.24. The maximum absolute atomic E-state index is 11.7. The molecule has 94 valence electrons. The van der Waals surface area contributed by atoms with Crippen molar-refractivity contribution in [3.8, 4) is 5.69 Å². The summed E-state index contributed by atoms with van der Waals surface area (Å²) in [5.41, 5.74) is 3.47. The average Bonchev–Trinajstić information content (AvgIpc) is 2.33. The second-order valence-corrected chi connectivity index (χ2v) is 4.94. The molecule has 0 aliphatic rings. The van der Waals surface area contributed by atoms with Crippen molar-refractivity contribution >= 4 is 23.2 Å². The first-order valence-corrected chi connectivity index (χ1v) is 6.49. The van der Waals surface area contributed by atoms with E-state index in [0.29, 0.717) is 10.6 Å². The predicted octanol–water partition coefficient (Wildman–Crippen LogP) is 3.85. The van der Waals surface area contributed by atoms with Crippen LogP contribution < -0.4 is 5.43 Å². The van der Waals surface area contributed by atoms with Crippen LogP contribution in [0.25, 0.3) is 5.69 Å². The Morgan fingerprint density at radius 1 is 1.22 bits per heavy atom. The zero-order valence-corrected chi connectivity index (χ0v) is 11.7. The number of rotatable bonds is 2. The van der Waals surface area contributed by atoms with Crippen molar-refractivity contribution in [3.63, 3.8) is 0 Å². The SMILES string of the molecule is Cc1ccc(Cl)cc1-n1cc(CCl)c(=O)cc1C. The molecule has 0 atom stereocenters. The summed E-state index contributed by atoms with van der Waals surface area (Å²) in [7, 11) is 0. The monoisotopic (exact) mass is 281 g/mol. The number of aryl methyl sites for hydroxylation is 2. The number of halogens is 2. The van der Waals surface area contributed by atoms with E-state index in [1.54, 1.807) is 12.3 Å². The Hall–Kier alpha value is -1.25. The lowest BCUT2D eigenvalue weighted by Gasteiger charge is -2.14. The van der Waals surface area contributed by atoms with Gasteiger partial charge in [-0.15, -0.1) is 11.6 Å². The van der Waals surface area contributed by atoms with Crippen molar-refractivity contribution in [2.45, 2.75) is 19.7 Å². The third-order valence-corrected chi connectivity index (χ3v) is 3.42. The topological polar surface area (TPSA) is 22.0 Å². The Kier molecular flexibility index (Phi) is 3.79. The highest BCUT2D eigenvalue weighted by atomic mass is 35.5. The molecule has 2 nitrogen and oxygen atoms in total. The van der Waals surface area contributed by atoms with Crippen molar-refractivity contribution in [3.05, 3.63) is 62.5 Å². The van der Waals surface area contributed by atoms with Gasteiger partial charge in [0, 0.05) is 34.2 Å². The molecule has 0 N–H and O–H groups in total. The fourth-order valence-electron chi connectivity index (χ4n) is 1.88. The number of benzene rings is 1. The van der Waals surface area contributed by atoms with Gasteiger partial charge < -0.3 is 4.57 Å². The molecular formula is C14H13Cl2NO. The Morgan fingerprint density at radius 2 is 1.94 bits per heavy atom. The minimum absolute atomic E-state index is 0.0292. The highest BCUT2D eigenvalue weighted by Crippen LogP contribution is 2.21. The van der Waals surface area contributed by atoms with Crippen LogP contribution in [-0.4, -0.2) is 4.57 Å². The smallest absolute Gasteiger partial charge is 0.186 e. The van der Waals surface area contributed by atoms with Crippen LogP contribution in [0.2, 0.25) is 5.02 Å². The molecule has 1 heterocycles. The molecular weight excluding hydrogens is 269 g/mol. The molecule has 0 unspecified atom stereocenters. The van der Waals surface area contributed by atoms with Gasteiger partial charge in [-0.2, -0.15) is 0 Å².